The molecule has 0 fully saturated rings. The molecule has 70 valence electrons. The molecule has 0 radical (unpaired) electrons. The summed E-state index contributed by atoms with van der Waals surface area (Å²) in [4.78, 5) is 0. The third kappa shape index (κ3) is 2.12. The predicted molar refractivity (Wildman–Crippen MR) is 60.4 cm³/mol. The van der Waals surface area contributed by atoms with Gasteiger partial charge in [-0.15, -0.1) is 0 Å². The summed E-state index contributed by atoms with van der Waals surface area (Å²) in [6.45, 7) is 1.85. The Morgan fingerprint density at radius 2 is 2.31 bits per heavy atom. The zero-order chi connectivity index (χ0) is 9.84. The first-order valence-electron chi connectivity index (χ1n) is 3.55. The maximum Gasteiger partial charge on any atom is 0.145 e. The monoisotopic (exact) mass is 293 g/mol. The summed E-state index contributed by atoms with van der Waals surface area (Å²) in [5, 5.41) is 11.1. The van der Waals surface area contributed by atoms with E-state index in [4.69, 9.17) is 5.21 Å². The Hall–Kier alpha value is -0.780. The van der Waals surface area contributed by atoms with Crippen LogP contribution < -0.4 is 0 Å². The van der Waals surface area contributed by atoms with Crippen molar-refractivity contribution in [1.29, 1.82) is 0 Å². The molecule has 0 saturated heterocycles. The van der Waals surface area contributed by atoms with Gasteiger partial charge in [-0.2, -0.15) is 0 Å². The molecule has 1 N–H and O–H groups in total. The first-order chi connectivity index (χ1) is 6.20. The summed E-state index contributed by atoms with van der Waals surface area (Å²) < 4.78 is 17.9. The van der Waals surface area contributed by atoms with Crippen molar-refractivity contribution in [3.05, 3.63) is 32.6 Å². The van der Waals surface area contributed by atoms with Gasteiger partial charge in [-0.3, -0.25) is 0 Å². The standard InChI is InChI=1S/C9H9FINO/c1-6-3-4-7(5-12-13)8(10)9(6)11-2/h3-5,13H,2H2,1H3/b12-5+. The first-order valence-corrected chi connectivity index (χ1v) is 6.16. The van der Waals surface area contributed by atoms with Crippen LogP contribution in [-0.2, 0) is 0 Å². The van der Waals surface area contributed by atoms with Crippen LogP contribution in [0.1, 0.15) is 11.1 Å². The van der Waals surface area contributed by atoms with Gasteiger partial charge in [0.05, 0.1) is 6.21 Å². The number of rotatable bonds is 2. The molecule has 0 aliphatic rings. The molecule has 0 atom stereocenters. The molecule has 1 rings (SSSR count). The normalized spacial score (nSPS) is 10.9. The lowest BCUT2D eigenvalue weighted by molar-refractivity contribution is 0.321. The van der Waals surface area contributed by atoms with E-state index in [-0.39, 0.29) is 5.82 Å². The van der Waals surface area contributed by atoms with Crippen molar-refractivity contribution >= 4 is 31.5 Å². The number of hydrogen-bond acceptors (Lipinski definition) is 2. The highest BCUT2D eigenvalue weighted by Gasteiger charge is 2.07. The number of oxime groups is 1. The van der Waals surface area contributed by atoms with Crippen LogP contribution in [0, 0.1) is 16.3 Å². The SMILES string of the molecule is C=Ic1c(C)ccc(/C=N/O)c1F. The molecule has 2 nitrogen and oxygen atoms in total. The number of nitrogens with zero attached hydrogens (tertiary/aromatic N) is 1. The molecule has 0 heterocycles. The Kier molecular flexibility index (Phi) is 3.53. The van der Waals surface area contributed by atoms with E-state index in [1.807, 2.05) is 6.92 Å². The van der Waals surface area contributed by atoms with E-state index in [1.54, 1.807) is 12.1 Å². The number of hydrogen-bond donors (Lipinski definition) is 1. The molecule has 0 bridgehead atoms. The smallest absolute Gasteiger partial charge is 0.145 e. The van der Waals surface area contributed by atoms with Crippen molar-refractivity contribution in [2.45, 2.75) is 6.92 Å². The van der Waals surface area contributed by atoms with Crippen molar-refractivity contribution in [3.63, 3.8) is 0 Å². The minimum Gasteiger partial charge on any atom is -0.411 e. The van der Waals surface area contributed by atoms with Gasteiger partial charge in [0.2, 0.25) is 0 Å². The van der Waals surface area contributed by atoms with Crippen LogP contribution >= 0.6 is 20.7 Å². The molecule has 0 aliphatic carbocycles. The van der Waals surface area contributed by atoms with E-state index < -0.39 is 20.7 Å². The fourth-order valence-electron chi connectivity index (χ4n) is 0.987. The maximum absolute atomic E-state index is 13.5. The van der Waals surface area contributed by atoms with Crippen molar-refractivity contribution in [2.75, 3.05) is 0 Å². The fourth-order valence-corrected chi connectivity index (χ4v) is 2.41. The molecule has 0 aliphatic heterocycles. The van der Waals surface area contributed by atoms with Crippen LogP contribution in [0.3, 0.4) is 0 Å². The molecule has 1 aromatic carbocycles. The second-order valence-corrected chi connectivity index (χ2v) is 4.32. The van der Waals surface area contributed by atoms with Crippen LogP contribution in [0.25, 0.3) is 0 Å². The number of aryl methyl sites for hydroxylation is 1. The predicted octanol–water partition coefficient (Wildman–Crippen LogP) is 2.51. The second-order valence-electron chi connectivity index (χ2n) is 2.48. The Bertz CT molecular complexity index is 363. The lowest BCUT2D eigenvalue weighted by Crippen LogP contribution is -1.94. The Morgan fingerprint density at radius 1 is 1.62 bits per heavy atom. The summed E-state index contributed by atoms with van der Waals surface area (Å²) in [5.74, 6) is -0.305. The molecule has 0 saturated carbocycles. The summed E-state index contributed by atoms with van der Waals surface area (Å²) in [6, 6.07) is 3.40. The van der Waals surface area contributed by atoms with E-state index in [0.29, 0.717) is 9.13 Å². The van der Waals surface area contributed by atoms with Crippen LogP contribution in [0.4, 0.5) is 4.39 Å². The van der Waals surface area contributed by atoms with Crippen LogP contribution in [-0.4, -0.2) is 15.9 Å². The van der Waals surface area contributed by atoms with E-state index in [1.165, 1.54) is 0 Å². The van der Waals surface area contributed by atoms with Crippen molar-refractivity contribution in [3.8, 4) is 0 Å². The van der Waals surface area contributed by atoms with E-state index in [9.17, 15) is 4.39 Å². The van der Waals surface area contributed by atoms with Gasteiger partial charge in [-0.25, -0.2) is 4.39 Å². The van der Waals surface area contributed by atoms with Crippen LogP contribution in [0.2, 0.25) is 0 Å². The second kappa shape index (κ2) is 4.45. The quantitative estimate of drug-likeness (QED) is 0.386. The van der Waals surface area contributed by atoms with Crippen LogP contribution in [0.5, 0.6) is 0 Å². The highest BCUT2D eigenvalue weighted by atomic mass is 127. The van der Waals surface area contributed by atoms with Crippen LogP contribution in [0.15, 0.2) is 17.3 Å². The first kappa shape index (κ1) is 10.3. The third-order valence-electron chi connectivity index (χ3n) is 1.64. The minimum absolute atomic E-state index is 0.305. The van der Waals surface area contributed by atoms with Crippen molar-refractivity contribution < 1.29 is 9.60 Å². The summed E-state index contributed by atoms with van der Waals surface area (Å²) >= 11 is -0.531. The summed E-state index contributed by atoms with van der Waals surface area (Å²) in [6.07, 6.45) is 1.09. The zero-order valence-corrected chi connectivity index (χ0v) is 9.25. The molecule has 0 amide bonds. The van der Waals surface area contributed by atoms with E-state index in [0.717, 1.165) is 11.8 Å². The van der Waals surface area contributed by atoms with Crippen molar-refractivity contribution in [2.24, 2.45) is 5.16 Å². The van der Waals surface area contributed by atoms with Gasteiger partial charge in [-0.1, -0.05) is 42.5 Å². The van der Waals surface area contributed by atoms with Crippen molar-refractivity contribution in [1.82, 2.24) is 0 Å². The summed E-state index contributed by atoms with van der Waals surface area (Å²) in [5.41, 5.74) is 1.22. The van der Waals surface area contributed by atoms with Gasteiger partial charge in [0, 0.05) is 9.13 Å². The summed E-state index contributed by atoms with van der Waals surface area (Å²) in [7, 11) is 0. The highest BCUT2D eigenvalue weighted by molar-refractivity contribution is 14.2. The maximum atomic E-state index is 13.5. The van der Waals surface area contributed by atoms with Gasteiger partial charge in [0.1, 0.15) is 5.82 Å². The largest absolute Gasteiger partial charge is 0.411 e. The van der Waals surface area contributed by atoms with Gasteiger partial charge in [0.15, 0.2) is 0 Å². The van der Waals surface area contributed by atoms with Gasteiger partial charge in [-0.05, 0) is 12.5 Å². The van der Waals surface area contributed by atoms with E-state index >= 15 is 0 Å². The average molecular weight is 293 g/mol. The fraction of sp³-hybridized carbons (Fsp3) is 0.111. The molecular weight excluding hydrogens is 284 g/mol. The molecule has 13 heavy (non-hydrogen) atoms. The third-order valence-corrected chi connectivity index (χ3v) is 3.72. The molecule has 0 unspecified atom stereocenters. The lowest BCUT2D eigenvalue weighted by Gasteiger charge is -2.03. The Balaban J connectivity index is 3.35. The van der Waals surface area contributed by atoms with Gasteiger partial charge in [0.25, 0.3) is 0 Å². The topological polar surface area (TPSA) is 32.6 Å². The zero-order valence-electron chi connectivity index (χ0n) is 7.09. The van der Waals surface area contributed by atoms with E-state index in [2.05, 4.69) is 9.67 Å². The number of halogens is 2. The average Bonchev–Trinajstić information content (AvgIpc) is 2.11. The molecule has 1 aromatic rings. The minimum atomic E-state index is -0.531. The van der Waals surface area contributed by atoms with Gasteiger partial charge < -0.3 is 5.21 Å². The Morgan fingerprint density at radius 3 is 2.85 bits per heavy atom. The molecule has 0 aromatic heterocycles. The lowest BCUT2D eigenvalue weighted by atomic mass is 10.1. The molecule has 4 heteroatoms. The number of benzene rings is 1. The van der Waals surface area contributed by atoms with Gasteiger partial charge >= 0.3 is 0 Å². The molecule has 0 spiro atoms. The highest BCUT2D eigenvalue weighted by Crippen LogP contribution is 2.21. The Labute approximate surface area is 85.8 Å². The molecular formula is C9H9FINO.